The minimum Gasteiger partial charge on any atom is -0.386 e. The first-order valence-electron chi connectivity index (χ1n) is 3.76. The van der Waals surface area contributed by atoms with Crippen LogP contribution in [0.1, 0.15) is 19.4 Å². The zero-order valence-electron chi connectivity index (χ0n) is 7.71. The molecule has 0 amide bonds. The van der Waals surface area contributed by atoms with Gasteiger partial charge in [-0.25, -0.2) is 0 Å². The van der Waals surface area contributed by atoms with Gasteiger partial charge in [-0.1, -0.05) is 30.3 Å². The summed E-state index contributed by atoms with van der Waals surface area (Å²) in [4.78, 5) is 0. The summed E-state index contributed by atoms with van der Waals surface area (Å²) in [5, 5.41) is 9.49. The number of benzene rings is 1. The SMILES string of the molecule is CC(C)(O)c1ccccc1.CF. The summed E-state index contributed by atoms with van der Waals surface area (Å²) in [7, 11) is 0.500. The molecule has 1 N–H and O–H groups in total. The first-order valence-corrected chi connectivity index (χ1v) is 3.76. The van der Waals surface area contributed by atoms with Crippen LogP contribution in [0.2, 0.25) is 0 Å². The van der Waals surface area contributed by atoms with Gasteiger partial charge in [0.05, 0.1) is 12.8 Å². The molecule has 0 aliphatic rings. The maximum absolute atomic E-state index is 9.50. The zero-order valence-corrected chi connectivity index (χ0v) is 7.71. The number of aliphatic hydroxyl groups is 1. The van der Waals surface area contributed by atoms with Crippen molar-refractivity contribution < 1.29 is 9.50 Å². The molecule has 0 aliphatic carbocycles. The lowest BCUT2D eigenvalue weighted by Crippen LogP contribution is -2.14. The fraction of sp³-hybridized carbons (Fsp3) is 0.400. The molecule has 1 aromatic rings. The predicted molar refractivity (Wildman–Crippen MR) is 48.7 cm³/mol. The van der Waals surface area contributed by atoms with E-state index in [0.717, 1.165) is 5.56 Å². The van der Waals surface area contributed by atoms with Crippen LogP contribution in [0.3, 0.4) is 0 Å². The summed E-state index contributed by atoms with van der Waals surface area (Å²) in [6.07, 6.45) is 0. The highest BCUT2D eigenvalue weighted by atomic mass is 19.1. The van der Waals surface area contributed by atoms with Gasteiger partial charge in [0.25, 0.3) is 0 Å². The molecule has 0 fully saturated rings. The van der Waals surface area contributed by atoms with Gasteiger partial charge in [-0.3, -0.25) is 4.39 Å². The van der Waals surface area contributed by atoms with Crippen molar-refractivity contribution in [3.05, 3.63) is 35.9 Å². The van der Waals surface area contributed by atoms with E-state index in [1.165, 1.54) is 0 Å². The largest absolute Gasteiger partial charge is 0.386 e. The van der Waals surface area contributed by atoms with Crippen LogP contribution in [-0.4, -0.2) is 12.3 Å². The van der Waals surface area contributed by atoms with E-state index in [-0.39, 0.29) is 0 Å². The highest BCUT2D eigenvalue weighted by molar-refractivity contribution is 5.20. The number of alkyl halides is 1. The monoisotopic (exact) mass is 170 g/mol. The van der Waals surface area contributed by atoms with Crippen molar-refractivity contribution >= 4 is 0 Å². The fourth-order valence-corrected chi connectivity index (χ4v) is 0.846. The Balaban J connectivity index is 0.000000561. The van der Waals surface area contributed by atoms with Gasteiger partial charge >= 0.3 is 0 Å². The maximum Gasteiger partial charge on any atom is 0.0840 e. The van der Waals surface area contributed by atoms with E-state index in [9.17, 15) is 9.50 Å². The van der Waals surface area contributed by atoms with Gasteiger partial charge < -0.3 is 5.11 Å². The van der Waals surface area contributed by atoms with Crippen molar-refractivity contribution in [1.82, 2.24) is 0 Å². The van der Waals surface area contributed by atoms with E-state index in [4.69, 9.17) is 0 Å². The Bertz CT molecular complexity index is 201. The molecule has 0 unspecified atom stereocenters. The van der Waals surface area contributed by atoms with Crippen molar-refractivity contribution in [2.24, 2.45) is 0 Å². The van der Waals surface area contributed by atoms with Crippen LogP contribution in [0.4, 0.5) is 4.39 Å². The van der Waals surface area contributed by atoms with Gasteiger partial charge in [-0.15, -0.1) is 0 Å². The number of rotatable bonds is 1. The number of hydrogen-bond donors (Lipinski definition) is 1. The van der Waals surface area contributed by atoms with E-state index in [1.807, 2.05) is 30.3 Å². The molecule has 0 saturated heterocycles. The second-order valence-corrected chi connectivity index (χ2v) is 2.93. The Hall–Kier alpha value is -0.890. The average Bonchev–Trinajstić information content (AvgIpc) is 2.08. The molecule has 1 rings (SSSR count). The molecule has 0 aliphatic heterocycles. The maximum atomic E-state index is 9.50. The predicted octanol–water partition coefficient (Wildman–Crippen LogP) is 2.50. The summed E-state index contributed by atoms with van der Waals surface area (Å²) in [6.45, 7) is 3.56. The lowest BCUT2D eigenvalue weighted by Gasteiger charge is -2.16. The minimum absolute atomic E-state index is 0.500. The molecule has 0 radical (unpaired) electrons. The standard InChI is InChI=1S/C9H12O.CH3F/c1-9(2,10)8-6-4-3-5-7-8;1-2/h3-7,10H,1-2H3;1H3. The summed E-state index contributed by atoms with van der Waals surface area (Å²) < 4.78 is 9.50. The molecule has 0 bridgehead atoms. The topological polar surface area (TPSA) is 20.2 Å². The lowest BCUT2D eigenvalue weighted by atomic mass is 9.99. The van der Waals surface area contributed by atoms with Crippen molar-refractivity contribution in [2.75, 3.05) is 7.18 Å². The molecular formula is C10H15FO. The Morgan fingerprint density at radius 2 is 1.50 bits per heavy atom. The van der Waals surface area contributed by atoms with Gasteiger partial charge in [-0.2, -0.15) is 0 Å². The summed E-state index contributed by atoms with van der Waals surface area (Å²) in [5.74, 6) is 0. The van der Waals surface area contributed by atoms with Crippen LogP contribution >= 0.6 is 0 Å². The summed E-state index contributed by atoms with van der Waals surface area (Å²) in [5.41, 5.74) is 0.247. The molecule has 0 spiro atoms. The lowest BCUT2D eigenvalue weighted by molar-refractivity contribution is 0.0786. The van der Waals surface area contributed by atoms with Crippen LogP contribution in [0.25, 0.3) is 0 Å². The third kappa shape index (κ3) is 3.49. The van der Waals surface area contributed by atoms with E-state index >= 15 is 0 Å². The molecule has 1 nitrogen and oxygen atoms in total. The van der Waals surface area contributed by atoms with Gasteiger partial charge in [0.2, 0.25) is 0 Å². The van der Waals surface area contributed by atoms with Gasteiger partial charge in [0.1, 0.15) is 0 Å². The molecule has 2 heteroatoms. The third-order valence-electron chi connectivity index (χ3n) is 1.48. The molecule has 0 saturated carbocycles. The van der Waals surface area contributed by atoms with Gasteiger partial charge in [0.15, 0.2) is 0 Å². The minimum atomic E-state index is -0.707. The van der Waals surface area contributed by atoms with E-state index in [2.05, 4.69) is 0 Å². The quantitative estimate of drug-likeness (QED) is 0.686. The number of halogens is 1. The summed E-state index contributed by atoms with van der Waals surface area (Å²) >= 11 is 0. The molecule has 1 aromatic carbocycles. The van der Waals surface area contributed by atoms with E-state index in [0.29, 0.717) is 7.18 Å². The van der Waals surface area contributed by atoms with E-state index in [1.54, 1.807) is 13.8 Å². The summed E-state index contributed by atoms with van der Waals surface area (Å²) in [6, 6.07) is 9.62. The second kappa shape index (κ2) is 4.88. The van der Waals surface area contributed by atoms with Crippen LogP contribution in [-0.2, 0) is 5.60 Å². The fourth-order valence-electron chi connectivity index (χ4n) is 0.846. The van der Waals surface area contributed by atoms with E-state index < -0.39 is 5.60 Å². The highest BCUT2D eigenvalue weighted by Crippen LogP contribution is 2.17. The Kier molecular flexibility index (Phi) is 4.52. The molecule has 0 aromatic heterocycles. The van der Waals surface area contributed by atoms with Crippen molar-refractivity contribution in [1.29, 1.82) is 0 Å². The Morgan fingerprint density at radius 3 is 1.75 bits per heavy atom. The van der Waals surface area contributed by atoms with Gasteiger partial charge in [0, 0.05) is 0 Å². The molecule has 0 heterocycles. The molecule has 0 atom stereocenters. The molecule has 68 valence electrons. The zero-order chi connectivity index (χ0) is 9.61. The Labute approximate surface area is 72.9 Å². The third-order valence-corrected chi connectivity index (χ3v) is 1.48. The number of hydrogen-bond acceptors (Lipinski definition) is 1. The Morgan fingerprint density at radius 1 is 1.08 bits per heavy atom. The van der Waals surface area contributed by atoms with Gasteiger partial charge in [-0.05, 0) is 19.4 Å². The van der Waals surface area contributed by atoms with Crippen molar-refractivity contribution in [3.8, 4) is 0 Å². The van der Waals surface area contributed by atoms with Crippen molar-refractivity contribution in [2.45, 2.75) is 19.4 Å². The van der Waals surface area contributed by atoms with Crippen LogP contribution < -0.4 is 0 Å². The highest BCUT2D eigenvalue weighted by Gasteiger charge is 2.13. The average molecular weight is 170 g/mol. The van der Waals surface area contributed by atoms with Crippen molar-refractivity contribution in [3.63, 3.8) is 0 Å². The van der Waals surface area contributed by atoms with Crippen LogP contribution in [0, 0.1) is 0 Å². The first kappa shape index (κ1) is 11.1. The smallest absolute Gasteiger partial charge is 0.0840 e. The normalized spacial score (nSPS) is 10.1. The molecular weight excluding hydrogens is 155 g/mol. The second-order valence-electron chi connectivity index (χ2n) is 2.93. The van der Waals surface area contributed by atoms with Crippen LogP contribution in [0.15, 0.2) is 30.3 Å². The first-order chi connectivity index (χ1) is 5.61. The van der Waals surface area contributed by atoms with Crippen LogP contribution in [0.5, 0.6) is 0 Å². The molecule has 12 heavy (non-hydrogen) atoms.